The molecule has 3 nitrogen and oxygen atoms in total. The van der Waals surface area contributed by atoms with Gasteiger partial charge in [-0.05, 0) is 29.8 Å². The SMILES string of the molecule is N#Cc1cc(C#N)c(-c2ccc(Br)cc2)c(C#N)c1. The van der Waals surface area contributed by atoms with E-state index in [0.29, 0.717) is 22.3 Å². The van der Waals surface area contributed by atoms with Crippen LogP contribution >= 0.6 is 15.9 Å². The summed E-state index contributed by atoms with van der Waals surface area (Å²) < 4.78 is 0.918. The van der Waals surface area contributed by atoms with E-state index < -0.39 is 0 Å². The van der Waals surface area contributed by atoms with Gasteiger partial charge in [0, 0.05) is 10.0 Å². The Morgan fingerprint density at radius 3 is 1.74 bits per heavy atom. The maximum atomic E-state index is 9.20. The minimum absolute atomic E-state index is 0.314. The van der Waals surface area contributed by atoms with Gasteiger partial charge in [-0.1, -0.05) is 28.1 Å². The molecule has 0 saturated heterocycles. The van der Waals surface area contributed by atoms with Crippen LogP contribution in [0.4, 0.5) is 0 Å². The Morgan fingerprint density at radius 1 is 0.789 bits per heavy atom. The molecule has 0 saturated carbocycles. The Labute approximate surface area is 119 Å². The van der Waals surface area contributed by atoms with Crippen LogP contribution in [-0.2, 0) is 0 Å². The van der Waals surface area contributed by atoms with Crippen molar-refractivity contribution < 1.29 is 0 Å². The van der Waals surface area contributed by atoms with Crippen LogP contribution in [-0.4, -0.2) is 0 Å². The highest BCUT2D eigenvalue weighted by Crippen LogP contribution is 2.29. The quantitative estimate of drug-likeness (QED) is 0.805. The van der Waals surface area contributed by atoms with E-state index in [2.05, 4.69) is 15.9 Å². The molecule has 0 bridgehead atoms. The van der Waals surface area contributed by atoms with Gasteiger partial charge in [-0.3, -0.25) is 0 Å². The maximum absolute atomic E-state index is 9.20. The molecular formula is C15H6BrN3. The summed E-state index contributed by atoms with van der Waals surface area (Å²) in [7, 11) is 0. The van der Waals surface area contributed by atoms with E-state index in [1.165, 1.54) is 12.1 Å². The molecule has 0 amide bonds. The molecule has 0 atom stereocenters. The molecule has 2 aromatic carbocycles. The van der Waals surface area contributed by atoms with Gasteiger partial charge in [0.2, 0.25) is 0 Å². The number of rotatable bonds is 1. The van der Waals surface area contributed by atoms with Gasteiger partial charge >= 0.3 is 0 Å². The lowest BCUT2D eigenvalue weighted by Gasteiger charge is -2.07. The molecule has 0 aliphatic heterocycles. The zero-order valence-corrected chi connectivity index (χ0v) is 11.3. The number of benzene rings is 2. The van der Waals surface area contributed by atoms with Crippen molar-refractivity contribution in [1.29, 1.82) is 15.8 Å². The number of hydrogen-bond acceptors (Lipinski definition) is 3. The van der Waals surface area contributed by atoms with E-state index in [1.54, 1.807) is 0 Å². The lowest BCUT2D eigenvalue weighted by atomic mass is 9.93. The van der Waals surface area contributed by atoms with Gasteiger partial charge in [0.15, 0.2) is 0 Å². The zero-order chi connectivity index (χ0) is 13.8. The standard InChI is InChI=1S/C15H6BrN3/c16-14-3-1-11(2-4-14)15-12(8-18)5-10(7-17)6-13(15)9-19/h1-6H. The Bertz CT molecular complexity index is 721. The van der Waals surface area contributed by atoms with Crippen molar-refractivity contribution in [1.82, 2.24) is 0 Å². The van der Waals surface area contributed by atoms with Crippen LogP contribution in [0.25, 0.3) is 11.1 Å². The van der Waals surface area contributed by atoms with Gasteiger partial charge in [-0.2, -0.15) is 15.8 Å². The highest BCUT2D eigenvalue weighted by atomic mass is 79.9. The van der Waals surface area contributed by atoms with Crippen LogP contribution < -0.4 is 0 Å². The fraction of sp³-hybridized carbons (Fsp3) is 0. The van der Waals surface area contributed by atoms with E-state index in [4.69, 9.17) is 5.26 Å². The number of nitriles is 3. The third-order valence-electron chi connectivity index (χ3n) is 2.64. The van der Waals surface area contributed by atoms with E-state index >= 15 is 0 Å². The Morgan fingerprint density at radius 2 is 1.32 bits per heavy atom. The summed E-state index contributed by atoms with van der Waals surface area (Å²) in [6, 6.07) is 16.4. The van der Waals surface area contributed by atoms with E-state index in [0.717, 1.165) is 10.0 Å². The summed E-state index contributed by atoms with van der Waals surface area (Å²) in [6.07, 6.45) is 0. The molecule has 4 heteroatoms. The van der Waals surface area contributed by atoms with Crippen molar-refractivity contribution in [3.63, 3.8) is 0 Å². The Hall–Kier alpha value is -2.61. The van der Waals surface area contributed by atoms with Gasteiger partial charge < -0.3 is 0 Å². The fourth-order valence-corrected chi connectivity index (χ4v) is 2.07. The molecule has 0 radical (unpaired) electrons. The van der Waals surface area contributed by atoms with Crippen molar-refractivity contribution >= 4 is 15.9 Å². The van der Waals surface area contributed by atoms with Crippen molar-refractivity contribution in [2.24, 2.45) is 0 Å². The molecule has 2 aromatic rings. The average Bonchev–Trinajstić information content (AvgIpc) is 2.46. The number of hydrogen-bond donors (Lipinski definition) is 0. The average molecular weight is 308 g/mol. The first-order valence-electron chi connectivity index (χ1n) is 5.34. The second-order valence-corrected chi connectivity index (χ2v) is 4.70. The minimum atomic E-state index is 0.314. The van der Waals surface area contributed by atoms with Gasteiger partial charge in [-0.25, -0.2) is 0 Å². The molecular weight excluding hydrogens is 302 g/mol. The summed E-state index contributed by atoms with van der Waals surface area (Å²) in [5.41, 5.74) is 2.32. The van der Waals surface area contributed by atoms with Crippen LogP contribution in [0.2, 0.25) is 0 Å². The van der Waals surface area contributed by atoms with E-state index in [1.807, 2.05) is 42.5 Å². The topological polar surface area (TPSA) is 71.4 Å². The fourth-order valence-electron chi connectivity index (χ4n) is 1.81. The third kappa shape index (κ3) is 2.47. The summed E-state index contributed by atoms with van der Waals surface area (Å²) in [5.74, 6) is 0. The smallest absolute Gasteiger partial charge is 0.0999 e. The van der Waals surface area contributed by atoms with Crippen LogP contribution in [0.3, 0.4) is 0 Å². The zero-order valence-electron chi connectivity index (χ0n) is 9.68. The van der Waals surface area contributed by atoms with Gasteiger partial charge in [0.1, 0.15) is 0 Å². The highest BCUT2D eigenvalue weighted by Gasteiger charge is 2.12. The van der Waals surface area contributed by atoms with Crippen molar-refractivity contribution in [2.75, 3.05) is 0 Å². The van der Waals surface area contributed by atoms with Crippen LogP contribution in [0.15, 0.2) is 40.9 Å². The van der Waals surface area contributed by atoms with E-state index in [9.17, 15) is 10.5 Å². The maximum Gasteiger partial charge on any atom is 0.0999 e. The molecule has 0 spiro atoms. The summed E-state index contributed by atoms with van der Waals surface area (Å²) in [4.78, 5) is 0. The van der Waals surface area contributed by atoms with Crippen LogP contribution in [0.5, 0.6) is 0 Å². The van der Waals surface area contributed by atoms with Crippen molar-refractivity contribution in [3.8, 4) is 29.3 Å². The monoisotopic (exact) mass is 307 g/mol. The first-order valence-corrected chi connectivity index (χ1v) is 6.13. The largest absolute Gasteiger partial charge is 0.192 e. The van der Waals surface area contributed by atoms with E-state index in [-0.39, 0.29) is 0 Å². The second-order valence-electron chi connectivity index (χ2n) is 3.79. The highest BCUT2D eigenvalue weighted by molar-refractivity contribution is 9.10. The second kappa shape index (κ2) is 5.36. The van der Waals surface area contributed by atoms with Gasteiger partial charge in [0.25, 0.3) is 0 Å². The molecule has 0 unspecified atom stereocenters. The molecule has 0 heterocycles. The normalized spacial score (nSPS) is 9.16. The van der Waals surface area contributed by atoms with Crippen molar-refractivity contribution in [2.45, 2.75) is 0 Å². The Kier molecular flexibility index (Phi) is 3.62. The molecule has 0 aromatic heterocycles. The predicted molar refractivity (Wildman–Crippen MR) is 73.7 cm³/mol. The molecule has 0 fully saturated rings. The first-order chi connectivity index (χ1) is 9.19. The van der Waals surface area contributed by atoms with Gasteiger partial charge in [0.05, 0.1) is 34.9 Å². The summed E-state index contributed by atoms with van der Waals surface area (Å²) in [5, 5.41) is 27.3. The molecule has 0 aliphatic carbocycles. The molecule has 0 N–H and O–H groups in total. The van der Waals surface area contributed by atoms with Gasteiger partial charge in [-0.15, -0.1) is 0 Å². The molecule has 88 valence electrons. The van der Waals surface area contributed by atoms with Crippen molar-refractivity contribution in [3.05, 3.63) is 57.6 Å². The molecule has 2 rings (SSSR count). The number of halogens is 1. The third-order valence-corrected chi connectivity index (χ3v) is 3.17. The first kappa shape index (κ1) is 12.8. The summed E-state index contributed by atoms with van der Waals surface area (Å²) in [6.45, 7) is 0. The number of nitrogens with zero attached hydrogens (tertiary/aromatic N) is 3. The lowest BCUT2D eigenvalue weighted by molar-refractivity contribution is 1.41. The lowest BCUT2D eigenvalue weighted by Crippen LogP contribution is -1.92. The van der Waals surface area contributed by atoms with Crippen LogP contribution in [0, 0.1) is 34.0 Å². The summed E-state index contributed by atoms with van der Waals surface area (Å²) >= 11 is 3.34. The predicted octanol–water partition coefficient (Wildman–Crippen LogP) is 3.73. The molecule has 0 aliphatic rings. The van der Waals surface area contributed by atoms with Crippen LogP contribution in [0.1, 0.15) is 16.7 Å². The minimum Gasteiger partial charge on any atom is -0.192 e. The molecule has 19 heavy (non-hydrogen) atoms. The Balaban J connectivity index is 2.76.